The van der Waals surface area contributed by atoms with E-state index in [0.29, 0.717) is 12.1 Å². The number of nitrogens with zero attached hydrogens (tertiary/aromatic N) is 1. The van der Waals surface area contributed by atoms with Gasteiger partial charge in [-0.05, 0) is 77.9 Å². The summed E-state index contributed by atoms with van der Waals surface area (Å²) >= 11 is 0. The molecule has 0 amide bonds. The Balaban J connectivity index is 2.14. The van der Waals surface area contributed by atoms with Crippen molar-refractivity contribution in [1.29, 1.82) is 0 Å². The van der Waals surface area contributed by atoms with E-state index in [1.54, 1.807) is 7.11 Å². The van der Waals surface area contributed by atoms with Crippen LogP contribution in [0.1, 0.15) is 39.2 Å². The van der Waals surface area contributed by atoms with Crippen LogP contribution in [0.4, 0.5) is 0 Å². The second-order valence-electron chi connectivity index (χ2n) is 6.19. The standard InChI is InChI=1S/C18H32N2O/c1-15(2)20(4)13-7-6-12-19-16(3)14-17-8-10-18(21-5)11-9-17/h8-11,15-16,19H,6-7,12-14H2,1-5H3. The molecule has 0 heterocycles. The summed E-state index contributed by atoms with van der Waals surface area (Å²) in [5, 5.41) is 3.61. The molecule has 0 aliphatic rings. The molecule has 1 atom stereocenters. The molecule has 1 rings (SSSR count). The first-order valence-corrected chi connectivity index (χ1v) is 8.09. The highest BCUT2D eigenvalue weighted by atomic mass is 16.5. The van der Waals surface area contributed by atoms with E-state index in [4.69, 9.17) is 4.74 Å². The van der Waals surface area contributed by atoms with Gasteiger partial charge in [-0.1, -0.05) is 12.1 Å². The van der Waals surface area contributed by atoms with Crippen LogP contribution in [0.5, 0.6) is 5.75 Å². The van der Waals surface area contributed by atoms with Crippen LogP contribution < -0.4 is 10.1 Å². The van der Waals surface area contributed by atoms with E-state index < -0.39 is 0 Å². The Morgan fingerprint density at radius 1 is 1.10 bits per heavy atom. The molecular formula is C18H32N2O. The van der Waals surface area contributed by atoms with E-state index in [1.807, 2.05) is 12.1 Å². The molecule has 21 heavy (non-hydrogen) atoms. The summed E-state index contributed by atoms with van der Waals surface area (Å²) in [6.07, 6.45) is 3.57. The fourth-order valence-electron chi connectivity index (χ4n) is 2.28. The highest BCUT2D eigenvalue weighted by Gasteiger charge is 2.04. The zero-order chi connectivity index (χ0) is 15.7. The van der Waals surface area contributed by atoms with Gasteiger partial charge in [0.15, 0.2) is 0 Å². The van der Waals surface area contributed by atoms with Gasteiger partial charge in [0.25, 0.3) is 0 Å². The number of benzene rings is 1. The molecule has 120 valence electrons. The smallest absolute Gasteiger partial charge is 0.118 e. The SMILES string of the molecule is COc1ccc(CC(C)NCCCCN(C)C(C)C)cc1. The van der Waals surface area contributed by atoms with Crippen molar-refractivity contribution >= 4 is 0 Å². The normalized spacial score (nSPS) is 12.9. The first kappa shape index (κ1) is 18.0. The Kier molecular flexibility index (Phi) is 8.40. The van der Waals surface area contributed by atoms with Crippen LogP contribution in [0, 0.1) is 0 Å². The molecular weight excluding hydrogens is 260 g/mol. The highest BCUT2D eigenvalue weighted by molar-refractivity contribution is 5.27. The molecule has 3 nitrogen and oxygen atoms in total. The molecule has 1 aromatic rings. The highest BCUT2D eigenvalue weighted by Crippen LogP contribution is 2.12. The summed E-state index contributed by atoms with van der Waals surface area (Å²) in [5.41, 5.74) is 1.36. The fourth-order valence-corrected chi connectivity index (χ4v) is 2.28. The molecule has 0 aliphatic carbocycles. The van der Waals surface area contributed by atoms with Gasteiger partial charge in [0, 0.05) is 12.1 Å². The average molecular weight is 292 g/mol. The zero-order valence-electron chi connectivity index (χ0n) is 14.4. The van der Waals surface area contributed by atoms with Gasteiger partial charge >= 0.3 is 0 Å². The molecule has 0 fully saturated rings. The number of nitrogens with one attached hydrogen (secondary N) is 1. The number of hydrogen-bond donors (Lipinski definition) is 1. The van der Waals surface area contributed by atoms with Crippen LogP contribution in [0.25, 0.3) is 0 Å². The van der Waals surface area contributed by atoms with Crippen molar-refractivity contribution in [2.45, 2.75) is 52.1 Å². The Bertz CT molecular complexity index is 375. The molecule has 0 aromatic heterocycles. The third kappa shape index (κ3) is 7.49. The van der Waals surface area contributed by atoms with Gasteiger partial charge in [0.1, 0.15) is 5.75 Å². The molecule has 0 radical (unpaired) electrons. The lowest BCUT2D eigenvalue weighted by molar-refractivity contribution is 0.267. The second-order valence-corrected chi connectivity index (χ2v) is 6.19. The molecule has 3 heteroatoms. The topological polar surface area (TPSA) is 24.5 Å². The van der Waals surface area contributed by atoms with Crippen LogP contribution >= 0.6 is 0 Å². The summed E-state index contributed by atoms with van der Waals surface area (Å²) in [6.45, 7) is 9.03. The quantitative estimate of drug-likeness (QED) is 0.669. The van der Waals surface area contributed by atoms with Gasteiger partial charge in [-0.15, -0.1) is 0 Å². The lowest BCUT2D eigenvalue weighted by Gasteiger charge is -2.21. The van der Waals surface area contributed by atoms with Crippen LogP contribution in [-0.2, 0) is 6.42 Å². The van der Waals surface area contributed by atoms with E-state index >= 15 is 0 Å². The van der Waals surface area contributed by atoms with Crippen molar-refractivity contribution < 1.29 is 4.74 Å². The summed E-state index contributed by atoms with van der Waals surface area (Å²) in [6, 6.07) is 9.52. The van der Waals surface area contributed by atoms with Crippen LogP contribution in [-0.4, -0.2) is 44.2 Å². The fraction of sp³-hybridized carbons (Fsp3) is 0.667. The number of methoxy groups -OCH3 is 1. The van der Waals surface area contributed by atoms with Crippen molar-refractivity contribution in [3.8, 4) is 5.75 Å². The van der Waals surface area contributed by atoms with Gasteiger partial charge in [-0.2, -0.15) is 0 Å². The number of unbranched alkanes of at least 4 members (excludes halogenated alkanes) is 1. The predicted molar refractivity (Wildman–Crippen MR) is 91.2 cm³/mol. The van der Waals surface area contributed by atoms with Crippen molar-refractivity contribution in [2.24, 2.45) is 0 Å². The predicted octanol–water partition coefficient (Wildman–Crippen LogP) is 3.34. The molecule has 1 N–H and O–H groups in total. The Hall–Kier alpha value is -1.06. The number of rotatable bonds is 10. The summed E-state index contributed by atoms with van der Waals surface area (Å²) < 4.78 is 5.18. The second kappa shape index (κ2) is 9.80. The number of ether oxygens (including phenoxy) is 1. The van der Waals surface area contributed by atoms with Crippen LogP contribution in [0.3, 0.4) is 0 Å². The molecule has 1 aromatic carbocycles. The molecule has 0 spiro atoms. The lowest BCUT2D eigenvalue weighted by atomic mass is 10.1. The number of hydrogen-bond acceptors (Lipinski definition) is 3. The maximum Gasteiger partial charge on any atom is 0.118 e. The average Bonchev–Trinajstić information content (AvgIpc) is 2.47. The summed E-state index contributed by atoms with van der Waals surface area (Å²) in [7, 11) is 3.90. The summed E-state index contributed by atoms with van der Waals surface area (Å²) in [5.74, 6) is 0.925. The zero-order valence-corrected chi connectivity index (χ0v) is 14.4. The minimum Gasteiger partial charge on any atom is -0.497 e. The van der Waals surface area contributed by atoms with E-state index in [0.717, 1.165) is 18.7 Å². The van der Waals surface area contributed by atoms with Crippen molar-refractivity contribution in [2.75, 3.05) is 27.2 Å². The van der Waals surface area contributed by atoms with Crippen molar-refractivity contribution in [1.82, 2.24) is 10.2 Å². The van der Waals surface area contributed by atoms with Gasteiger partial charge in [0.05, 0.1) is 7.11 Å². The van der Waals surface area contributed by atoms with Crippen LogP contribution in [0.15, 0.2) is 24.3 Å². The molecule has 0 saturated carbocycles. The Morgan fingerprint density at radius 2 is 1.76 bits per heavy atom. The minimum absolute atomic E-state index is 0.515. The minimum atomic E-state index is 0.515. The van der Waals surface area contributed by atoms with Crippen molar-refractivity contribution in [3.63, 3.8) is 0 Å². The molecule has 1 unspecified atom stereocenters. The maximum absolute atomic E-state index is 5.18. The van der Waals surface area contributed by atoms with E-state index in [-0.39, 0.29) is 0 Å². The summed E-state index contributed by atoms with van der Waals surface area (Å²) in [4.78, 5) is 2.40. The Morgan fingerprint density at radius 3 is 2.33 bits per heavy atom. The maximum atomic E-state index is 5.18. The van der Waals surface area contributed by atoms with Gasteiger partial charge < -0.3 is 15.0 Å². The molecule has 0 aliphatic heterocycles. The van der Waals surface area contributed by atoms with Gasteiger partial charge in [-0.25, -0.2) is 0 Å². The van der Waals surface area contributed by atoms with Crippen molar-refractivity contribution in [3.05, 3.63) is 29.8 Å². The van der Waals surface area contributed by atoms with Gasteiger partial charge in [-0.3, -0.25) is 0 Å². The van der Waals surface area contributed by atoms with Crippen LogP contribution in [0.2, 0.25) is 0 Å². The molecule has 0 saturated heterocycles. The third-order valence-electron chi connectivity index (χ3n) is 4.01. The Labute approximate surface area is 130 Å². The first-order valence-electron chi connectivity index (χ1n) is 8.09. The third-order valence-corrected chi connectivity index (χ3v) is 4.01. The van der Waals surface area contributed by atoms with E-state index in [9.17, 15) is 0 Å². The monoisotopic (exact) mass is 292 g/mol. The lowest BCUT2D eigenvalue weighted by Crippen LogP contribution is -2.30. The molecule has 0 bridgehead atoms. The first-order chi connectivity index (χ1) is 10.0. The van der Waals surface area contributed by atoms with E-state index in [1.165, 1.54) is 24.9 Å². The van der Waals surface area contributed by atoms with E-state index in [2.05, 4.69) is 50.2 Å². The largest absolute Gasteiger partial charge is 0.497 e. The van der Waals surface area contributed by atoms with Gasteiger partial charge in [0.2, 0.25) is 0 Å².